The highest BCUT2D eigenvalue weighted by atomic mass is 35.5. The quantitative estimate of drug-likeness (QED) is 0.494. The highest BCUT2D eigenvalue weighted by Gasteiger charge is 2.33. The van der Waals surface area contributed by atoms with Crippen LogP contribution in [0.15, 0.2) is 52.7 Å². The van der Waals surface area contributed by atoms with Crippen molar-refractivity contribution in [2.24, 2.45) is 5.92 Å². The zero-order chi connectivity index (χ0) is 22.9. The van der Waals surface area contributed by atoms with Crippen molar-refractivity contribution in [3.8, 4) is 11.3 Å². The lowest BCUT2D eigenvalue weighted by atomic mass is 9.99. The molecule has 1 aromatic heterocycles. The third-order valence-electron chi connectivity index (χ3n) is 5.35. The van der Waals surface area contributed by atoms with Gasteiger partial charge in [-0.2, -0.15) is 4.31 Å². The van der Waals surface area contributed by atoms with Crippen LogP contribution in [0.2, 0.25) is 10.0 Å². The molecular weight excluding hydrogens is 489 g/mol. The Morgan fingerprint density at radius 1 is 1.19 bits per heavy atom. The summed E-state index contributed by atoms with van der Waals surface area (Å²) in [6, 6.07) is 11.9. The van der Waals surface area contributed by atoms with Crippen LogP contribution < -0.4 is 5.32 Å². The Bertz CT molecular complexity index is 1240. The molecule has 1 aliphatic heterocycles. The minimum absolute atomic E-state index is 0.139. The molecule has 1 unspecified atom stereocenters. The number of halogens is 2. The predicted molar refractivity (Wildman–Crippen MR) is 129 cm³/mol. The third-order valence-corrected chi connectivity index (χ3v) is 8.55. The van der Waals surface area contributed by atoms with E-state index in [9.17, 15) is 13.2 Å². The van der Waals surface area contributed by atoms with Crippen molar-refractivity contribution in [3.05, 3.63) is 63.5 Å². The summed E-state index contributed by atoms with van der Waals surface area (Å²) in [4.78, 5) is 17.6. The smallest absolute Gasteiger partial charge is 0.243 e. The number of hydrogen-bond donors (Lipinski definition) is 1. The first-order valence-electron chi connectivity index (χ1n) is 10.0. The summed E-state index contributed by atoms with van der Waals surface area (Å²) in [7, 11) is -3.65. The number of nitrogens with zero attached hydrogens (tertiary/aromatic N) is 2. The fourth-order valence-corrected chi connectivity index (χ4v) is 6.21. The standard InChI is InChI=1S/C22H21Cl2N3O3S2/c1-14-4-7-17(8-5-14)32(29,30)27-10-2-3-15(12-27)21(28)26-22-25-20(13-31-22)18-11-16(23)6-9-19(18)24/h4-9,11,13,15H,2-3,10,12H2,1H3,(H,25,26,28). The van der Waals surface area contributed by atoms with Gasteiger partial charge in [0.05, 0.1) is 21.5 Å². The maximum absolute atomic E-state index is 13.0. The SMILES string of the molecule is Cc1ccc(S(=O)(=O)N2CCCC(C(=O)Nc3nc(-c4cc(Cl)ccc4Cl)cs3)C2)cc1. The lowest BCUT2D eigenvalue weighted by Crippen LogP contribution is -2.43. The number of hydrogen-bond acceptors (Lipinski definition) is 5. The van der Waals surface area contributed by atoms with Gasteiger partial charge in [-0.3, -0.25) is 4.79 Å². The van der Waals surface area contributed by atoms with E-state index in [1.165, 1.54) is 15.6 Å². The average molecular weight is 510 g/mol. The minimum Gasteiger partial charge on any atom is -0.302 e. The molecule has 3 aromatic rings. The van der Waals surface area contributed by atoms with Crippen molar-refractivity contribution in [3.63, 3.8) is 0 Å². The summed E-state index contributed by atoms with van der Waals surface area (Å²) in [5, 5.41) is 6.11. The second kappa shape index (κ2) is 9.49. The fraction of sp³-hybridized carbons (Fsp3) is 0.273. The van der Waals surface area contributed by atoms with Gasteiger partial charge < -0.3 is 5.32 Å². The number of aryl methyl sites for hydroxylation is 1. The van der Waals surface area contributed by atoms with E-state index in [2.05, 4.69) is 10.3 Å². The summed E-state index contributed by atoms with van der Waals surface area (Å²) < 4.78 is 27.4. The zero-order valence-corrected chi connectivity index (χ0v) is 20.4. The maximum atomic E-state index is 13.0. The molecule has 1 aliphatic rings. The molecule has 0 radical (unpaired) electrons. The van der Waals surface area contributed by atoms with Gasteiger partial charge in [-0.1, -0.05) is 40.9 Å². The van der Waals surface area contributed by atoms with Crippen molar-refractivity contribution in [1.82, 2.24) is 9.29 Å². The van der Waals surface area contributed by atoms with Gasteiger partial charge in [0, 0.05) is 29.1 Å². The lowest BCUT2D eigenvalue weighted by molar-refractivity contribution is -0.120. The molecule has 0 aliphatic carbocycles. The van der Waals surface area contributed by atoms with Crippen LogP contribution in [0.5, 0.6) is 0 Å². The van der Waals surface area contributed by atoms with E-state index >= 15 is 0 Å². The van der Waals surface area contributed by atoms with Crippen LogP contribution in [-0.4, -0.2) is 36.7 Å². The minimum atomic E-state index is -3.65. The molecule has 10 heteroatoms. The molecule has 1 atom stereocenters. The molecule has 1 fully saturated rings. The second-order valence-electron chi connectivity index (χ2n) is 7.67. The van der Waals surface area contributed by atoms with Crippen molar-refractivity contribution in [2.45, 2.75) is 24.7 Å². The zero-order valence-electron chi connectivity index (χ0n) is 17.2. The number of piperidine rings is 1. The van der Waals surface area contributed by atoms with E-state index in [1.54, 1.807) is 47.8 Å². The number of nitrogens with one attached hydrogen (secondary N) is 1. The maximum Gasteiger partial charge on any atom is 0.243 e. The molecule has 1 N–H and O–H groups in total. The number of aromatic nitrogens is 1. The topological polar surface area (TPSA) is 79.4 Å². The molecule has 32 heavy (non-hydrogen) atoms. The van der Waals surface area contributed by atoms with Gasteiger partial charge in [0.15, 0.2) is 5.13 Å². The second-order valence-corrected chi connectivity index (χ2v) is 11.3. The average Bonchev–Trinajstić information content (AvgIpc) is 3.24. The number of sulfonamides is 1. The van der Waals surface area contributed by atoms with Crippen LogP contribution in [0.25, 0.3) is 11.3 Å². The monoisotopic (exact) mass is 509 g/mol. The van der Waals surface area contributed by atoms with E-state index in [0.717, 1.165) is 5.56 Å². The molecule has 168 valence electrons. The van der Waals surface area contributed by atoms with Crippen LogP contribution >= 0.6 is 34.5 Å². The summed E-state index contributed by atoms with van der Waals surface area (Å²) in [5.74, 6) is -0.696. The summed E-state index contributed by atoms with van der Waals surface area (Å²) in [6.45, 7) is 2.44. The lowest BCUT2D eigenvalue weighted by Gasteiger charge is -2.31. The van der Waals surface area contributed by atoms with Crippen molar-refractivity contribution in [2.75, 3.05) is 18.4 Å². The van der Waals surface area contributed by atoms with E-state index in [0.29, 0.717) is 45.8 Å². The number of amides is 1. The van der Waals surface area contributed by atoms with Crippen LogP contribution in [0, 0.1) is 12.8 Å². The Balaban J connectivity index is 1.46. The molecule has 0 bridgehead atoms. The van der Waals surface area contributed by atoms with Crippen molar-refractivity contribution >= 4 is 55.6 Å². The number of rotatable bonds is 5. The van der Waals surface area contributed by atoms with Gasteiger partial charge in [-0.15, -0.1) is 11.3 Å². The highest BCUT2D eigenvalue weighted by molar-refractivity contribution is 7.89. The van der Waals surface area contributed by atoms with E-state index < -0.39 is 15.9 Å². The molecule has 0 spiro atoms. The van der Waals surface area contributed by atoms with Crippen LogP contribution in [0.4, 0.5) is 5.13 Å². The van der Waals surface area contributed by atoms with E-state index in [1.807, 2.05) is 6.92 Å². The van der Waals surface area contributed by atoms with Gasteiger partial charge in [0.2, 0.25) is 15.9 Å². The Hall–Kier alpha value is -1.97. The summed E-state index contributed by atoms with van der Waals surface area (Å²) in [6.07, 6.45) is 1.23. The number of anilines is 1. The molecular formula is C22H21Cl2N3O3S2. The molecule has 4 rings (SSSR count). The van der Waals surface area contributed by atoms with Crippen LogP contribution in [0.1, 0.15) is 18.4 Å². The number of benzene rings is 2. The van der Waals surface area contributed by atoms with E-state index in [-0.39, 0.29) is 17.3 Å². The van der Waals surface area contributed by atoms with Crippen LogP contribution in [0.3, 0.4) is 0 Å². The first-order chi connectivity index (χ1) is 15.2. The first-order valence-corrected chi connectivity index (χ1v) is 13.1. The molecule has 1 amide bonds. The van der Waals surface area contributed by atoms with Gasteiger partial charge in [-0.05, 0) is 50.1 Å². The van der Waals surface area contributed by atoms with Gasteiger partial charge in [0.25, 0.3) is 0 Å². The normalized spacial score (nSPS) is 17.3. The Morgan fingerprint density at radius 2 is 1.94 bits per heavy atom. The Kier molecular flexibility index (Phi) is 6.88. The van der Waals surface area contributed by atoms with E-state index in [4.69, 9.17) is 23.2 Å². The molecule has 1 saturated heterocycles. The Labute approximate surface area is 201 Å². The number of carbonyl (C=O) groups is 1. The van der Waals surface area contributed by atoms with Crippen molar-refractivity contribution in [1.29, 1.82) is 0 Å². The van der Waals surface area contributed by atoms with Crippen molar-refractivity contribution < 1.29 is 13.2 Å². The van der Waals surface area contributed by atoms with Crippen LogP contribution in [-0.2, 0) is 14.8 Å². The summed E-state index contributed by atoms with van der Waals surface area (Å²) in [5.41, 5.74) is 2.29. The highest BCUT2D eigenvalue weighted by Crippen LogP contribution is 2.33. The molecule has 0 saturated carbocycles. The molecule has 2 aromatic carbocycles. The first kappa shape index (κ1) is 23.2. The van der Waals surface area contributed by atoms with Gasteiger partial charge in [-0.25, -0.2) is 13.4 Å². The number of carbonyl (C=O) groups excluding carboxylic acids is 1. The summed E-state index contributed by atoms with van der Waals surface area (Å²) >= 11 is 13.6. The van der Waals surface area contributed by atoms with Gasteiger partial charge in [0.1, 0.15) is 0 Å². The largest absolute Gasteiger partial charge is 0.302 e. The molecule has 6 nitrogen and oxygen atoms in total. The molecule has 2 heterocycles. The Morgan fingerprint density at radius 3 is 2.69 bits per heavy atom. The fourth-order valence-electron chi connectivity index (χ4n) is 3.59. The predicted octanol–water partition coefficient (Wildman–Crippen LogP) is 5.46. The van der Waals surface area contributed by atoms with Gasteiger partial charge >= 0.3 is 0 Å². The number of thiazole rings is 1. The third kappa shape index (κ3) is 5.00.